The molecule has 1 saturated heterocycles. The number of rotatable bonds is 4. The maximum absolute atomic E-state index is 12.8. The van der Waals surface area contributed by atoms with Crippen molar-refractivity contribution in [1.29, 1.82) is 0 Å². The molecule has 1 aliphatic heterocycles. The minimum absolute atomic E-state index is 0.249. The molecular weight excluding hydrogens is 416 g/mol. The first-order valence-electron chi connectivity index (χ1n) is 8.64. The fraction of sp³-hybridized carbons (Fsp3) is 0.316. The van der Waals surface area contributed by atoms with Crippen molar-refractivity contribution in [1.82, 2.24) is 4.31 Å². The Balaban J connectivity index is 1.74. The Kier molecular flexibility index (Phi) is 6.11. The Bertz CT molecular complexity index is 874. The smallest absolute Gasteiger partial charge is 0.256 e. The summed E-state index contributed by atoms with van der Waals surface area (Å²) in [7, 11) is -3.48. The van der Waals surface area contributed by atoms with Crippen molar-refractivity contribution in [2.24, 2.45) is 0 Å². The molecule has 1 aliphatic rings. The van der Waals surface area contributed by atoms with Gasteiger partial charge in [0.25, 0.3) is 5.91 Å². The fourth-order valence-electron chi connectivity index (χ4n) is 2.99. The number of sulfonamides is 1. The Labute approximate surface area is 162 Å². The standard InChI is InChI=1S/C19H21BrN2O3S/c20-18-8-4-3-7-17(18)19(23)21-15-9-11-16(12-10-15)26(24,25)22-13-5-1-2-6-14-22/h3-4,7-12H,1-2,5-6,13-14H2,(H,21,23). The SMILES string of the molecule is O=C(Nc1ccc(S(=O)(=O)N2CCCCCC2)cc1)c1ccccc1Br. The Morgan fingerprint density at radius 2 is 1.54 bits per heavy atom. The van der Waals surface area contributed by atoms with Crippen LogP contribution in [0.2, 0.25) is 0 Å². The lowest BCUT2D eigenvalue weighted by Gasteiger charge is -2.20. The predicted molar refractivity (Wildman–Crippen MR) is 106 cm³/mol. The van der Waals surface area contributed by atoms with Gasteiger partial charge in [0, 0.05) is 23.2 Å². The van der Waals surface area contributed by atoms with Crippen LogP contribution >= 0.6 is 15.9 Å². The molecule has 7 heteroatoms. The molecule has 0 bridgehead atoms. The highest BCUT2D eigenvalue weighted by atomic mass is 79.9. The van der Waals surface area contributed by atoms with Crippen molar-refractivity contribution in [3.8, 4) is 0 Å². The van der Waals surface area contributed by atoms with Crippen molar-refractivity contribution >= 4 is 37.5 Å². The lowest BCUT2D eigenvalue weighted by atomic mass is 10.2. The predicted octanol–water partition coefficient (Wildman–Crippen LogP) is 4.27. The number of benzene rings is 2. The van der Waals surface area contributed by atoms with Gasteiger partial charge in [-0.2, -0.15) is 4.31 Å². The van der Waals surface area contributed by atoms with Gasteiger partial charge in [0.05, 0.1) is 10.5 Å². The van der Waals surface area contributed by atoms with Gasteiger partial charge >= 0.3 is 0 Å². The van der Waals surface area contributed by atoms with Gasteiger partial charge < -0.3 is 5.32 Å². The second kappa shape index (κ2) is 8.33. The zero-order chi connectivity index (χ0) is 18.6. The topological polar surface area (TPSA) is 66.5 Å². The monoisotopic (exact) mass is 436 g/mol. The van der Waals surface area contributed by atoms with Crippen LogP contribution in [-0.2, 0) is 10.0 Å². The van der Waals surface area contributed by atoms with Gasteiger partial charge in [-0.1, -0.05) is 25.0 Å². The first-order chi connectivity index (χ1) is 12.5. The number of hydrogen-bond acceptors (Lipinski definition) is 3. The van der Waals surface area contributed by atoms with E-state index in [2.05, 4.69) is 21.2 Å². The van der Waals surface area contributed by atoms with Crippen LogP contribution in [0.25, 0.3) is 0 Å². The van der Waals surface area contributed by atoms with Crippen LogP contribution in [0.1, 0.15) is 36.0 Å². The van der Waals surface area contributed by atoms with E-state index in [1.165, 1.54) is 0 Å². The van der Waals surface area contributed by atoms with E-state index in [4.69, 9.17) is 0 Å². The molecule has 1 fully saturated rings. The lowest BCUT2D eigenvalue weighted by molar-refractivity contribution is 0.102. The van der Waals surface area contributed by atoms with Crippen LogP contribution in [0, 0.1) is 0 Å². The molecule has 0 saturated carbocycles. The summed E-state index contributed by atoms with van der Waals surface area (Å²) < 4.78 is 27.8. The van der Waals surface area contributed by atoms with Crippen molar-refractivity contribution in [3.05, 3.63) is 58.6 Å². The second-order valence-corrected chi connectivity index (χ2v) is 9.07. The van der Waals surface area contributed by atoms with Gasteiger partial charge in [-0.15, -0.1) is 0 Å². The third-order valence-electron chi connectivity index (χ3n) is 4.43. The van der Waals surface area contributed by atoms with E-state index in [0.717, 1.165) is 25.7 Å². The van der Waals surface area contributed by atoms with E-state index in [1.807, 2.05) is 6.07 Å². The molecule has 3 rings (SSSR count). The molecule has 1 amide bonds. The number of carbonyl (C=O) groups excluding carboxylic acids is 1. The maximum atomic E-state index is 12.8. The molecule has 0 aliphatic carbocycles. The molecule has 0 radical (unpaired) electrons. The largest absolute Gasteiger partial charge is 0.322 e. The van der Waals surface area contributed by atoms with Crippen LogP contribution in [0.5, 0.6) is 0 Å². The summed E-state index contributed by atoms with van der Waals surface area (Å²) in [5.74, 6) is -0.249. The molecule has 26 heavy (non-hydrogen) atoms. The van der Waals surface area contributed by atoms with Gasteiger partial charge in [0.15, 0.2) is 0 Å². The van der Waals surface area contributed by atoms with Crippen LogP contribution in [-0.4, -0.2) is 31.7 Å². The molecule has 5 nitrogen and oxygen atoms in total. The highest BCUT2D eigenvalue weighted by Crippen LogP contribution is 2.23. The normalized spacial score (nSPS) is 16.0. The maximum Gasteiger partial charge on any atom is 0.256 e. The van der Waals surface area contributed by atoms with Crippen molar-refractivity contribution < 1.29 is 13.2 Å². The first-order valence-corrected chi connectivity index (χ1v) is 10.9. The molecular formula is C19H21BrN2O3S. The van der Waals surface area contributed by atoms with Crippen molar-refractivity contribution in [2.75, 3.05) is 18.4 Å². The highest BCUT2D eigenvalue weighted by molar-refractivity contribution is 9.10. The summed E-state index contributed by atoms with van der Waals surface area (Å²) in [4.78, 5) is 12.6. The van der Waals surface area contributed by atoms with Crippen LogP contribution in [0.3, 0.4) is 0 Å². The van der Waals surface area contributed by atoms with Crippen LogP contribution < -0.4 is 5.32 Å². The number of nitrogens with zero attached hydrogens (tertiary/aromatic N) is 1. The minimum atomic E-state index is -3.48. The fourth-order valence-corrected chi connectivity index (χ4v) is 4.97. The lowest BCUT2D eigenvalue weighted by Crippen LogP contribution is -2.31. The van der Waals surface area contributed by atoms with E-state index in [0.29, 0.717) is 28.8 Å². The zero-order valence-electron chi connectivity index (χ0n) is 14.3. The Morgan fingerprint density at radius 1 is 0.923 bits per heavy atom. The number of anilines is 1. The molecule has 2 aromatic rings. The van der Waals surface area contributed by atoms with Gasteiger partial charge in [0.1, 0.15) is 0 Å². The third kappa shape index (κ3) is 4.34. The van der Waals surface area contributed by atoms with E-state index in [-0.39, 0.29) is 10.8 Å². The quantitative estimate of drug-likeness (QED) is 0.777. The highest BCUT2D eigenvalue weighted by Gasteiger charge is 2.25. The van der Waals surface area contributed by atoms with Gasteiger partial charge in [0.2, 0.25) is 10.0 Å². The van der Waals surface area contributed by atoms with Gasteiger partial charge in [-0.3, -0.25) is 4.79 Å². The van der Waals surface area contributed by atoms with Crippen LogP contribution in [0.4, 0.5) is 5.69 Å². The van der Waals surface area contributed by atoms with E-state index in [1.54, 1.807) is 46.8 Å². The van der Waals surface area contributed by atoms with Crippen molar-refractivity contribution in [2.45, 2.75) is 30.6 Å². The zero-order valence-corrected chi connectivity index (χ0v) is 16.7. The number of carbonyl (C=O) groups is 1. The van der Waals surface area contributed by atoms with E-state index in [9.17, 15) is 13.2 Å². The summed E-state index contributed by atoms with van der Waals surface area (Å²) in [6.45, 7) is 1.14. The molecule has 1 heterocycles. The number of halogens is 1. The molecule has 0 atom stereocenters. The molecule has 0 unspecified atom stereocenters. The number of amides is 1. The number of hydrogen-bond donors (Lipinski definition) is 1. The molecule has 0 aromatic heterocycles. The van der Waals surface area contributed by atoms with Crippen LogP contribution in [0.15, 0.2) is 57.9 Å². The summed E-state index contributed by atoms with van der Waals surface area (Å²) in [5, 5.41) is 2.79. The first kappa shape index (κ1) is 19.1. The molecule has 1 N–H and O–H groups in total. The Hall–Kier alpha value is -1.70. The molecule has 2 aromatic carbocycles. The van der Waals surface area contributed by atoms with Crippen molar-refractivity contribution in [3.63, 3.8) is 0 Å². The van der Waals surface area contributed by atoms with Gasteiger partial charge in [-0.25, -0.2) is 8.42 Å². The summed E-state index contributed by atoms with van der Waals surface area (Å²) >= 11 is 3.35. The van der Waals surface area contributed by atoms with E-state index >= 15 is 0 Å². The van der Waals surface area contributed by atoms with Gasteiger partial charge in [-0.05, 0) is 65.2 Å². The molecule has 0 spiro atoms. The Morgan fingerprint density at radius 3 is 2.15 bits per heavy atom. The average molecular weight is 437 g/mol. The second-order valence-electron chi connectivity index (χ2n) is 6.28. The average Bonchev–Trinajstić information content (AvgIpc) is 2.92. The summed E-state index contributed by atoms with van der Waals surface area (Å²) in [6, 6.07) is 13.5. The molecule has 138 valence electrons. The van der Waals surface area contributed by atoms with E-state index < -0.39 is 10.0 Å². The minimum Gasteiger partial charge on any atom is -0.322 e. The summed E-state index contributed by atoms with van der Waals surface area (Å²) in [5.41, 5.74) is 1.08. The third-order valence-corrected chi connectivity index (χ3v) is 7.04. The number of nitrogens with one attached hydrogen (secondary N) is 1. The summed E-state index contributed by atoms with van der Waals surface area (Å²) in [6.07, 6.45) is 3.96.